The lowest BCUT2D eigenvalue weighted by Crippen LogP contribution is -2.14. The molecule has 0 unspecified atom stereocenters. The van der Waals surface area contributed by atoms with Crippen LogP contribution in [0, 0.1) is 0 Å². The van der Waals surface area contributed by atoms with Crippen molar-refractivity contribution in [1.82, 2.24) is 0 Å². The number of fused-ring (bicyclic) bond motifs is 8. The van der Waals surface area contributed by atoms with Crippen molar-refractivity contribution in [3.05, 3.63) is 194 Å². The minimum atomic E-state index is 0.849. The van der Waals surface area contributed by atoms with Crippen molar-refractivity contribution < 1.29 is 8.83 Å². The minimum absolute atomic E-state index is 0.849. The SMILES string of the molecule is c1ccc(N(c2c3ccccc3c(N(c3ccccc3)c3cccc4c3oc3ccccc34)c3ccccc23)c2cccc3c2oc2ccccc23)cc1. The third-order valence-corrected chi connectivity index (χ3v) is 10.6. The average molecular weight is 693 g/mol. The molecule has 11 aromatic rings. The molecule has 4 nitrogen and oxygen atoms in total. The van der Waals surface area contributed by atoms with E-state index in [4.69, 9.17) is 8.83 Å². The monoisotopic (exact) mass is 692 g/mol. The molecule has 0 atom stereocenters. The smallest absolute Gasteiger partial charge is 0.159 e. The molecule has 0 radical (unpaired) electrons. The predicted octanol–water partition coefficient (Wildman–Crippen LogP) is 14.7. The highest BCUT2D eigenvalue weighted by Gasteiger charge is 2.28. The Balaban J connectivity index is 1.27. The average Bonchev–Trinajstić information content (AvgIpc) is 3.82. The highest BCUT2D eigenvalue weighted by molar-refractivity contribution is 6.25. The van der Waals surface area contributed by atoms with Crippen LogP contribution in [-0.2, 0) is 0 Å². The lowest BCUT2D eigenvalue weighted by molar-refractivity contribution is 0.668. The molecule has 2 heterocycles. The van der Waals surface area contributed by atoms with Crippen molar-refractivity contribution in [1.29, 1.82) is 0 Å². The first-order chi connectivity index (χ1) is 26.8. The summed E-state index contributed by atoms with van der Waals surface area (Å²) in [6, 6.07) is 68.3. The van der Waals surface area contributed by atoms with Crippen molar-refractivity contribution in [2.45, 2.75) is 0 Å². The highest BCUT2D eigenvalue weighted by Crippen LogP contribution is 2.53. The summed E-state index contributed by atoms with van der Waals surface area (Å²) < 4.78 is 13.4. The van der Waals surface area contributed by atoms with Crippen LogP contribution in [0.4, 0.5) is 34.1 Å². The molecule has 0 saturated carbocycles. The summed E-state index contributed by atoms with van der Waals surface area (Å²) in [6.45, 7) is 0. The summed E-state index contributed by atoms with van der Waals surface area (Å²) in [6.07, 6.45) is 0. The molecular formula is C50H32N2O2. The zero-order chi connectivity index (χ0) is 35.6. The third kappa shape index (κ3) is 4.57. The maximum Gasteiger partial charge on any atom is 0.159 e. The Labute approximate surface area is 311 Å². The van der Waals surface area contributed by atoms with Crippen LogP contribution in [0.25, 0.3) is 65.4 Å². The molecular weight excluding hydrogens is 661 g/mol. The second kappa shape index (κ2) is 12.1. The zero-order valence-electron chi connectivity index (χ0n) is 29.2. The minimum Gasteiger partial charge on any atom is -0.454 e. The van der Waals surface area contributed by atoms with Crippen LogP contribution in [0.5, 0.6) is 0 Å². The van der Waals surface area contributed by atoms with Gasteiger partial charge in [0, 0.05) is 54.5 Å². The van der Waals surface area contributed by atoms with E-state index in [-0.39, 0.29) is 0 Å². The molecule has 254 valence electrons. The van der Waals surface area contributed by atoms with E-state index in [9.17, 15) is 0 Å². The first-order valence-electron chi connectivity index (χ1n) is 18.3. The molecule has 4 heteroatoms. The fraction of sp³-hybridized carbons (Fsp3) is 0. The first kappa shape index (κ1) is 30.3. The maximum absolute atomic E-state index is 6.71. The van der Waals surface area contributed by atoms with Crippen LogP contribution in [-0.4, -0.2) is 0 Å². The zero-order valence-corrected chi connectivity index (χ0v) is 29.2. The van der Waals surface area contributed by atoms with E-state index in [0.29, 0.717) is 0 Å². The molecule has 0 spiro atoms. The molecule has 54 heavy (non-hydrogen) atoms. The van der Waals surface area contributed by atoms with Gasteiger partial charge in [-0.15, -0.1) is 0 Å². The fourth-order valence-electron chi connectivity index (χ4n) is 8.31. The van der Waals surface area contributed by atoms with Crippen LogP contribution >= 0.6 is 0 Å². The van der Waals surface area contributed by atoms with Gasteiger partial charge < -0.3 is 18.6 Å². The van der Waals surface area contributed by atoms with Gasteiger partial charge in [-0.3, -0.25) is 0 Å². The molecule has 0 amide bonds. The van der Waals surface area contributed by atoms with Gasteiger partial charge in [0.15, 0.2) is 11.2 Å². The topological polar surface area (TPSA) is 32.8 Å². The summed E-state index contributed by atoms with van der Waals surface area (Å²) in [5, 5.41) is 8.83. The lowest BCUT2D eigenvalue weighted by Gasteiger charge is -2.32. The quantitative estimate of drug-likeness (QED) is 0.128. The van der Waals surface area contributed by atoms with E-state index >= 15 is 0 Å². The van der Waals surface area contributed by atoms with E-state index in [2.05, 4.69) is 180 Å². The van der Waals surface area contributed by atoms with Crippen LogP contribution < -0.4 is 9.80 Å². The standard InChI is InChI=1S/C50H32N2O2/c1-3-17-33(18-4-1)51(43-29-15-27-41-35-21-11-13-31-45(35)53-49(41)43)47-37-23-7-9-25-39(37)48(40-26-10-8-24-38(40)47)52(34-19-5-2-6-20-34)44-30-16-28-42-36-22-12-14-32-46(36)54-50(42)44/h1-32H. The van der Waals surface area contributed by atoms with E-state index in [1.807, 2.05) is 24.3 Å². The second-order valence-electron chi connectivity index (χ2n) is 13.6. The van der Waals surface area contributed by atoms with Gasteiger partial charge in [0.1, 0.15) is 11.2 Å². The Bertz CT molecular complexity index is 2910. The molecule has 0 aliphatic carbocycles. The van der Waals surface area contributed by atoms with Crippen molar-refractivity contribution in [2.24, 2.45) is 0 Å². The normalized spacial score (nSPS) is 11.7. The summed E-state index contributed by atoms with van der Waals surface area (Å²) >= 11 is 0. The van der Waals surface area contributed by atoms with Gasteiger partial charge in [0.2, 0.25) is 0 Å². The number of rotatable bonds is 6. The molecule has 0 aliphatic rings. The van der Waals surface area contributed by atoms with Crippen LogP contribution in [0.15, 0.2) is 203 Å². The van der Waals surface area contributed by atoms with Gasteiger partial charge in [0.05, 0.1) is 22.7 Å². The van der Waals surface area contributed by atoms with Crippen LogP contribution in [0.2, 0.25) is 0 Å². The first-order valence-corrected chi connectivity index (χ1v) is 18.3. The molecule has 0 saturated heterocycles. The number of nitrogens with zero attached hydrogens (tertiary/aromatic N) is 2. The van der Waals surface area contributed by atoms with Crippen molar-refractivity contribution in [2.75, 3.05) is 9.80 Å². The van der Waals surface area contributed by atoms with Gasteiger partial charge in [-0.05, 0) is 48.5 Å². The Hall–Kier alpha value is -7.30. The number of hydrogen-bond donors (Lipinski definition) is 0. The second-order valence-corrected chi connectivity index (χ2v) is 13.6. The predicted molar refractivity (Wildman–Crippen MR) is 225 cm³/mol. The van der Waals surface area contributed by atoms with Gasteiger partial charge in [0.25, 0.3) is 0 Å². The number of furan rings is 2. The third-order valence-electron chi connectivity index (χ3n) is 10.6. The summed E-state index contributed by atoms with van der Waals surface area (Å²) in [5.41, 5.74) is 9.64. The van der Waals surface area contributed by atoms with Gasteiger partial charge in [-0.25, -0.2) is 0 Å². The van der Waals surface area contributed by atoms with E-state index in [1.165, 1.54) is 0 Å². The summed E-state index contributed by atoms with van der Waals surface area (Å²) in [5.74, 6) is 0. The van der Waals surface area contributed by atoms with Crippen molar-refractivity contribution in [3.63, 3.8) is 0 Å². The van der Waals surface area contributed by atoms with E-state index < -0.39 is 0 Å². The number of anilines is 6. The fourth-order valence-corrected chi connectivity index (χ4v) is 8.31. The van der Waals surface area contributed by atoms with Gasteiger partial charge in [-0.1, -0.05) is 146 Å². The maximum atomic E-state index is 6.71. The highest BCUT2D eigenvalue weighted by atomic mass is 16.3. The molecule has 9 aromatic carbocycles. The molecule has 2 aromatic heterocycles. The molecule has 0 bridgehead atoms. The Morgan fingerprint density at radius 2 is 0.574 bits per heavy atom. The molecule has 0 fully saturated rings. The number of benzene rings is 9. The van der Waals surface area contributed by atoms with Gasteiger partial charge >= 0.3 is 0 Å². The molecule has 0 N–H and O–H groups in total. The van der Waals surface area contributed by atoms with Crippen molar-refractivity contribution in [3.8, 4) is 0 Å². The van der Waals surface area contributed by atoms with E-state index in [1.54, 1.807) is 0 Å². The van der Waals surface area contributed by atoms with Crippen LogP contribution in [0.1, 0.15) is 0 Å². The molecule has 0 aliphatic heterocycles. The Morgan fingerprint density at radius 1 is 0.259 bits per heavy atom. The Morgan fingerprint density at radius 3 is 0.963 bits per heavy atom. The molecule has 11 rings (SSSR count). The van der Waals surface area contributed by atoms with E-state index in [0.717, 1.165) is 99.5 Å². The van der Waals surface area contributed by atoms with Crippen molar-refractivity contribution >= 4 is 99.5 Å². The summed E-state index contributed by atoms with van der Waals surface area (Å²) in [7, 11) is 0. The lowest BCUT2D eigenvalue weighted by atomic mass is 9.95. The number of hydrogen-bond acceptors (Lipinski definition) is 4. The Kier molecular flexibility index (Phi) is 6.82. The number of para-hydroxylation sites is 6. The summed E-state index contributed by atoms with van der Waals surface area (Å²) in [4.78, 5) is 4.76. The van der Waals surface area contributed by atoms with Gasteiger partial charge in [-0.2, -0.15) is 0 Å². The van der Waals surface area contributed by atoms with Crippen LogP contribution in [0.3, 0.4) is 0 Å². The largest absolute Gasteiger partial charge is 0.454 e.